The van der Waals surface area contributed by atoms with Crippen molar-refractivity contribution in [2.24, 2.45) is 0 Å². The predicted molar refractivity (Wildman–Crippen MR) is 136 cm³/mol. The molecule has 8 heteroatoms. The van der Waals surface area contributed by atoms with Crippen molar-refractivity contribution in [3.8, 4) is 11.3 Å². The van der Waals surface area contributed by atoms with Gasteiger partial charge in [0.1, 0.15) is 17.5 Å². The van der Waals surface area contributed by atoms with Gasteiger partial charge in [-0.25, -0.2) is 4.79 Å². The molecule has 1 amide bonds. The Labute approximate surface area is 209 Å². The van der Waals surface area contributed by atoms with Crippen LogP contribution in [0.4, 0.5) is 10.5 Å². The number of rotatable bonds is 9. The number of nitrogens with one attached hydrogen (secondary N) is 2. The highest BCUT2D eigenvalue weighted by molar-refractivity contribution is 6.31. The number of ether oxygens (including phenoxy) is 1. The monoisotopic (exact) mass is 490 g/mol. The molecule has 4 rings (SSSR count). The molecule has 0 saturated carbocycles. The zero-order valence-corrected chi connectivity index (χ0v) is 20.4. The Balaban J connectivity index is 1.35. The van der Waals surface area contributed by atoms with Crippen LogP contribution < -0.4 is 10.6 Å². The second-order valence-electron chi connectivity index (χ2n) is 8.15. The highest BCUT2D eigenvalue weighted by Crippen LogP contribution is 2.32. The lowest BCUT2D eigenvalue weighted by Crippen LogP contribution is -2.17. The molecule has 180 valence electrons. The van der Waals surface area contributed by atoms with Crippen molar-refractivity contribution in [3.05, 3.63) is 100 Å². The van der Waals surface area contributed by atoms with E-state index in [9.17, 15) is 4.79 Å². The van der Waals surface area contributed by atoms with E-state index in [1.807, 2.05) is 54.7 Å². The molecule has 4 aromatic rings. The number of hydrogen-bond donors (Lipinski definition) is 2. The van der Waals surface area contributed by atoms with E-state index in [1.165, 1.54) is 5.56 Å². The lowest BCUT2D eigenvalue weighted by molar-refractivity contribution is 0.121. The maximum Gasteiger partial charge on any atom is 0.412 e. The zero-order valence-electron chi connectivity index (χ0n) is 19.6. The number of aromatic nitrogens is 2. The van der Waals surface area contributed by atoms with Gasteiger partial charge < -0.3 is 14.6 Å². The first-order chi connectivity index (χ1) is 17.0. The molecule has 7 nitrogen and oxygen atoms in total. The van der Waals surface area contributed by atoms with Gasteiger partial charge in [-0.1, -0.05) is 65.3 Å². The fraction of sp³-hybridized carbons (Fsp3) is 0.222. The molecule has 0 spiro atoms. The summed E-state index contributed by atoms with van der Waals surface area (Å²) in [5.41, 5.74) is 4.91. The normalized spacial score (nSPS) is 11.7. The van der Waals surface area contributed by atoms with Gasteiger partial charge in [-0.15, -0.1) is 0 Å². The number of benzene rings is 2. The standard InChI is InChI=1S/C27H27ClN4O3/c1-18-25(31-27(33)34-19(2)23-7-3-4-8-24(23)28)26(35-32-18)22-11-9-21(10-12-22)17-30-15-13-20-6-5-14-29-16-20/h3-12,14,16,19,30H,13,15,17H2,1-2H3,(H,31,33). The van der Waals surface area contributed by atoms with Gasteiger partial charge in [0, 0.05) is 35.1 Å². The molecule has 2 heterocycles. The Bertz CT molecular complexity index is 1260. The van der Waals surface area contributed by atoms with Crippen LogP contribution in [-0.4, -0.2) is 22.8 Å². The van der Waals surface area contributed by atoms with Crippen molar-refractivity contribution in [2.45, 2.75) is 32.9 Å². The molecule has 2 aromatic carbocycles. The lowest BCUT2D eigenvalue weighted by Gasteiger charge is -2.15. The van der Waals surface area contributed by atoms with Gasteiger partial charge in [-0.05, 0) is 50.1 Å². The molecule has 0 radical (unpaired) electrons. The van der Waals surface area contributed by atoms with Crippen LogP contribution >= 0.6 is 11.6 Å². The minimum Gasteiger partial charge on any atom is -0.441 e. The summed E-state index contributed by atoms with van der Waals surface area (Å²) in [7, 11) is 0. The van der Waals surface area contributed by atoms with Crippen LogP contribution in [-0.2, 0) is 17.7 Å². The molecule has 1 unspecified atom stereocenters. The summed E-state index contributed by atoms with van der Waals surface area (Å²) in [5, 5.41) is 10.8. The highest BCUT2D eigenvalue weighted by Gasteiger charge is 2.20. The molecular weight excluding hydrogens is 464 g/mol. The molecule has 1 atom stereocenters. The number of amides is 1. The average Bonchev–Trinajstić information content (AvgIpc) is 3.22. The number of hydrogen-bond acceptors (Lipinski definition) is 6. The molecular formula is C27H27ClN4O3. The van der Waals surface area contributed by atoms with Crippen molar-refractivity contribution < 1.29 is 14.1 Å². The van der Waals surface area contributed by atoms with E-state index >= 15 is 0 Å². The predicted octanol–water partition coefficient (Wildman–Crippen LogP) is 6.34. The van der Waals surface area contributed by atoms with Crippen molar-refractivity contribution in [3.63, 3.8) is 0 Å². The Kier molecular flexibility index (Phi) is 8.13. The van der Waals surface area contributed by atoms with E-state index in [2.05, 4.69) is 26.8 Å². The molecule has 2 aromatic heterocycles. The molecule has 0 aliphatic heterocycles. The first-order valence-corrected chi connectivity index (χ1v) is 11.8. The lowest BCUT2D eigenvalue weighted by atomic mass is 10.1. The summed E-state index contributed by atoms with van der Waals surface area (Å²) in [6, 6.07) is 19.2. The summed E-state index contributed by atoms with van der Waals surface area (Å²) < 4.78 is 11.0. The molecule has 2 N–H and O–H groups in total. The zero-order chi connectivity index (χ0) is 24.6. The Morgan fingerprint density at radius 2 is 1.89 bits per heavy atom. The maximum absolute atomic E-state index is 12.6. The van der Waals surface area contributed by atoms with E-state index in [1.54, 1.807) is 26.1 Å². The summed E-state index contributed by atoms with van der Waals surface area (Å²) >= 11 is 6.21. The molecule has 0 aliphatic carbocycles. The highest BCUT2D eigenvalue weighted by atomic mass is 35.5. The third-order valence-corrected chi connectivity index (χ3v) is 5.92. The Morgan fingerprint density at radius 3 is 2.63 bits per heavy atom. The average molecular weight is 491 g/mol. The number of anilines is 1. The van der Waals surface area contributed by atoms with Gasteiger partial charge in [0.15, 0.2) is 5.76 Å². The first kappa shape index (κ1) is 24.4. The third-order valence-electron chi connectivity index (χ3n) is 5.58. The SMILES string of the molecule is Cc1noc(-c2ccc(CNCCc3cccnc3)cc2)c1NC(=O)OC(C)c1ccccc1Cl. The van der Waals surface area contributed by atoms with E-state index < -0.39 is 12.2 Å². The second kappa shape index (κ2) is 11.6. The Morgan fingerprint density at radius 1 is 1.09 bits per heavy atom. The van der Waals surface area contributed by atoms with Crippen molar-refractivity contribution in [2.75, 3.05) is 11.9 Å². The number of aryl methyl sites for hydroxylation is 1. The summed E-state index contributed by atoms with van der Waals surface area (Å²) in [6.07, 6.45) is 3.45. The van der Waals surface area contributed by atoms with Crippen LogP contribution in [0.3, 0.4) is 0 Å². The van der Waals surface area contributed by atoms with Crippen LogP contribution in [0.2, 0.25) is 5.02 Å². The van der Waals surface area contributed by atoms with Crippen molar-refractivity contribution in [1.82, 2.24) is 15.5 Å². The fourth-order valence-corrected chi connectivity index (χ4v) is 3.95. The van der Waals surface area contributed by atoms with Gasteiger partial charge in [-0.3, -0.25) is 10.3 Å². The minimum atomic E-state index is -0.612. The fourth-order valence-electron chi connectivity index (χ4n) is 3.66. The third kappa shape index (κ3) is 6.47. The van der Waals surface area contributed by atoms with Crippen LogP contribution in [0, 0.1) is 6.92 Å². The summed E-state index contributed by atoms with van der Waals surface area (Å²) in [4.78, 5) is 16.7. The first-order valence-electron chi connectivity index (χ1n) is 11.4. The minimum absolute atomic E-state index is 0.473. The van der Waals surface area contributed by atoms with E-state index in [4.69, 9.17) is 20.9 Å². The van der Waals surface area contributed by atoms with Crippen LogP contribution in [0.25, 0.3) is 11.3 Å². The summed E-state index contributed by atoms with van der Waals surface area (Å²) in [6.45, 7) is 5.14. The molecule has 0 saturated heterocycles. The van der Waals surface area contributed by atoms with Crippen molar-refractivity contribution >= 4 is 23.4 Å². The topological polar surface area (TPSA) is 89.3 Å². The van der Waals surface area contributed by atoms with E-state index in [0.717, 1.165) is 36.2 Å². The Hall–Kier alpha value is -3.68. The molecule has 0 aliphatic rings. The van der Waals surface area contributed by atoms with Gasteiger partial charge in [0.25, 0.3) is 0 Å². The number of halogens is 1. The van der Waals surface area contributed by atoms with Crippen LogP contribution in [0.1, 0.15) is 35.4 Å². The smallest absolute Gasteiger partial charge is 0.412 e. The number of nitrogens with zero attached hydrogens (tertiary/aromatic N) is 2. The number of pyridine rings is 1. The van der Waals surface area contributed by atoms with E-state index in [-0.39, 0.29) is 0 Å². The number of carbonyl (C=O) groups excluding carboxylic acids is 1. The van der Waals surface area contributed by atoms with Gasteiger partial charge in [0.05, 0.1) is 0 Å². The van der Waals surface area contributed by atoms with Gasteiger partial charge >= 0.3 is 6.09 Å². The molecule has 0 fully saturated rings. The summed E-state index contributed by atoms with van der Waals surface area (Å²) in [5.74, 6) is 0.473. The largest absolute Gasteiger partial charge is 0.441 e. The maximum atomic E-state index is 12.6. The molecule has 35 heavy (non-hydrogen) atoms. The quantitative estimate of drug-likeness (QED) is 0.266. The van der Waals surface area contributed by atoms with Crippen LogP contribution in [0.5, 0.6) is 0 Å². The van der Waals surface area contributed by atoms with Crippen LogP contribution in [0.15, 0.2) is 77.6 Å². The van der Waals surface area contributed by atoms with Gasteiger partial charge in [-0.2, -0.15) is 0 Å². The van der Waals surface area contributed by atoms with Crippen molar-refractivity contribution in [1.29, 1.82) is 0 Å². The van der Waals surface area contributed by atoms with Gasteiger partial charge in [0.2, 0.25) is 0 Å². The molecule has 0 bridgehead atoms. The second-order valence-corrected chi connectivity index (χ2v) is 8.56. The number of carbonyl (C=O) groups is 1. The van der Waals surface area contributed by atoms with E-state index in [0.29, 0.717) is 22.2 Å².